The second-order valence-corrected chi connectivity index (χ2v) is 1.49. The number of carbonyl (C=O) groups is 1. The van der Waals surface area contributed by atoms with Crippen LogP contribution in [0.1, 0.15) is 0 Å². The van der Waals surface area contributed by atoms with Crippen LogP contribution in [0.4, 0.5) is 4.79 Å². The van der Waals surface area contributed by atoms with Crippen LogP contribution in [-0.2, 0) is 0 Å². The summed E-state index contributed by atoms with van der Waals surface area (Å²) in [4.78, 5) is 20.8. The molecular weight excluding hydrogens is 148 g/mol. The SMILES string of the molecule is O=C(Cl)n1nnc(=O)[nH]1. The number of aromatic amines is 1. The molecule has 1 rings (SSSR count). The number of halogens is 1. The summed E-state index contributed by atoms with van der Waals surface area (Å²) in [6, 6.07) is 0. The van der Waals surface area contributed by atoms with E-state index >= 15 is 0 Å². The van der Waals surface area contributed by atoms with Gasteiger partial charge < -0.3 is 0 Å². The normalized spacial score (nSPS) is 9.44. The number of nitrogens with zero attached hydrogens (tertiary/aromatic N) is 3. The molecule has 9 heavy (non-hydrogen) atoms. The predicted octanol–water partition coefficient (Wildman–Crippen LogP) is -0.827. The molecule has 0 amide bonds. The molecule has 0 atom stereocenters. The largest absolute Gasteiger partial charge is 0.381 e. The highest BCUT2D eigenvalue weighted by atomic mass is 35.5. The lowest BCUT2D eigenvalue weighted by Crippen LogP contribution is -2.09. The molecular formula is C2HClN4O2. The van der Waals surface area contributed by atoms with Crippen LogP contribution >= 0.6 is 11.6 Å². The molecule has 1 N–H and O–H groups in total. The Labute approximate surface area is 53.4 Å². The van der Waals surface area contributed by atoms with Crippen molar-refractivity contribution in [3.8, 4) is 0 Å². The number of H-pyrrole nitrogens is 1. The first kappa shape index (κ1) is 5.96. The molecule has 0 saturated heterocycles. The fourth-order valence-corrected chi connectivity index (χ4v) is 0.376. The van der Waals surface area contributed by atoms with Crippen molar-refractivity contribution in [3.05, 3.63) is 10.5 Å². The molecule has 6 nitrogen and oxygen atoms in total. The monoisotopic (exact) mass is 148 g/mol. The van der Waals surface area contributed by atoms with Gasteiger partial charge in [0.15, 0.2) is 0 Å². The molecule has 1 aromatic heterocycles. The summed E-state index contributed by atoms with van der Waals surface area (Å²) < 4.78 is 0. The van der Waals surface area contributed by atoms with E-state index in [1.54, 1.807) is 0 Å². The van der Waals surface area contributed by atoms with E-state index in [2.05, 4.69) is 10.3 Å². The number of rotatable bonds is 0. The Morgan fingerprint density at radius 3 is 2.67 bits per heavy atom. The Kier molecular flexibility index (Phi) is 1.31. The smallest absolute Gasteiger partial charge is 0.251 e. The number of hydrogen-bond donors (Lipinski definition) is 1. The molecule has 1 heterocycles. The van der Waals surface area contributed by atoms with Gasteiger partial charge in [0.25, 0.3) is 0 Å². The van der Waals surface area contributed by atoms with Crippen molar-refractivity contribution in [1.29, 1.82) is 0 Å². The zero-order valence-corrected chi connectivity index (χ0v) is 4.79. The molecule has 0 aliphatic rings. The predicted molar refractivity (Wildman–Crippen MR) is 27.3 cm³/mol. The summed E-state index contributed by atoms with van der Waals surface area (Å²) in [5.41, 5.74) is -0.705. The van der Waals surface area contributed by atoms with Crippen molar-refractivity contribution >= 4 is 17.0 Å². The molecule has 48 valence electrons. The molecule has 0 saturated carbocycles. The van der Waals surface area contributed by atoms with Crippen molar-refractivity contribution in [2.24, 2.45) is 0 Å². The first-order valence-corrected chi connectivity index (χ1v) is 2.30. The van der Waals surface area contributed by atoms with Crippen LogP contribution in [0.15, 0.2) is 4.79 Å². The second kappa shape index (κ2) is 1.98. The molecule has 0 fully saturated rings. The molecule has 0 aliphatic carbocycles. The van der Waals surface area contributed by atoms with Gasteiger partial charge >= 0.3 is 11.1 Å². The number of carbonyl (C=O) groups excluding carboxylic acids is 1. The van der Waals surface area contributed by atoms with Gasteiger partial charge in [-0.15, -0.1) is 4.80 Å². The van der Waals surface area contributed by atoms with Crippen LogP contribution in [0.25, 0.3) is 0 Å². The van der Waals surface area contributed by atoms with Crippen molar-refractivity contribution < 1.29 is 4.79 Å². The third-order valence-electron chi connectivity index (χ3n) is 0.593. The third-order valence-corrected chi connectivity index (χ3v) is 0.753. The van der Waals surface area contributed by atoms with Gasteiger partial charge in [-0.2, -0.15) is 0 Å². The fourth-order valence-electron chi connectivity index (χ4n) is 0.300. The van der Waals surface area contributed by atoms with Crippen LogP contribution in [0, 0.1) is 0 Å². The van der Waals surface area contributed by atoms with Gasteiger partial charge in [0.1, 0.15) is 0 Å². The van der Waals surface area contributed by atoms with E-state index in [1.807, 2.05) is 5.10 Å². The molecule has 0 aliphatic heterocycles. The third kappa shape index (κ3) is 1.14. The van der Waals surface area contributed by atoms with Crippen LogP contribution in [-0.4, -0.2) is 25.6 Å². The zero-order valence-electron chi connectivity index (χ0n) is 4.04. The molecule has 0 unspecified atom stereocenters. The maximum Gasteiger partial charge on any atom is 0.381 e. The van der Waals surface area contributed by atoms with Gasteiger partial charge in [0.2, 0.25) is 0 Å². The summed E-state index contributed by atoms with van der Waals surface area (Å²) in [5.74, 6) is 0. The number of tetrazole rings is 1. The fraction of sp³-hybridized carbons (Fsp3) is 0. The Hall–Kier alpha value is -1.17. The minimum absolute atomic E-state index is 0.532. The van der Waals surface area contributed by atoms with Crippen molar-refractivity contribution in [3.63, 3.8) is 0 Å². The van der Waals surface area contributed by atoms with E-state index in [1.165, 1.54) is 0 Å². The Morgan fingerprint density at radius 2 is 2.44 bits per heavy atom. The lowest BCUT2D eigenvalue weighted by atomic mass is 11.3. The standard InChI is InChI=1S/C2HClN4O2/c3-1(8)7-5-2(9)4-6-7/h(H,5,9). The van der Waals surface area contributed by atoms with E-state index in [0.717, 1.165) is 0 Å². The van der Waals surface area contributed by atoms with Crippen LogP contribution in [0.2, 0.25) is 0 Å². The highest BCUT2D eigenvalue weighted by Crippen LogP contribution is 1.79. The van der Waals surface area contributed by atoms with E-state index in [-0.39, 0.29) is 0 Å². The highest BCUT2D eigenvalue weighted by Gasteiger charge is 1.99. The topological polar surface area (TPSA) is 80.6 Å². The van der Waals surface area contributed by atoms with E-state index in [9.17, 15) is 9.59 Å². The van der Waals surface area contributed by atoms with Gasteiger partial charge in [-0.05, 0) is 16.8 Å². The zero-order chi connectivity index (χ0) is 6.85. The van der Waals surface area contributed by atoms with E-state index in [4.69, 9.17) is 11.6 Å². The first-order chi connectivity index (χ1) is 4.20. The molecule has 0 radical (unpaired) electrons. The summed E-state index contributed by atoms with van der Waals surface area (Å²) in [6.45, 7) is 0. The Morgan fingerprint density at radius 1 is 1.78 bits per heavy atom. The van der Waals surface area contributed by atoms with Crippen LogP contribution in [0.5, 0.6) is 0 Å². The number of nitrogens with one attached hydrogen (secondary N) is 1. The van der Waals surface area contributed by atoms with Gasteiger partial charge in [-0.1, -0.05) is 5.10 Å². The number of hydrogen-bond acceptors (Lipinski definition) is 4. The van der Waals surface area contributed by atoms with Crippen molar-refractivity contribution in [2.75, 3.05) is 0 Å². The quantitative estimate of drug-likeness (QED) is 0.487. The molecule has 0 spiro atoms. The molecule has 7 heteroatoms. The number of aromatic nitrogens is 4. The van der Waals surface area contributed by atoms with Crippen LogP contribution < -0.4 is 5.69 Å². The lowest BCUT2D eigenvalue weighted by Gasteiger charge is -1.81. The molecule has 0 aromatic carbocycles. The first-order valence-electron chi connectivity index (χ1n) is 1.92. The second-order valence-electron chi connectivity index (χ2n) is 1.17. The lowest BCUT2D eigenvalue weighted by molar-refractivity contribution is 0.255. The maximum atomic E-state index is 10.1. The van der Waals surface area contributed by atoms with Crippen molar-refractivity contribution in [2.45, 2.75) is 0 Å². The van der Waals surface area contributed by atoms with Crippen LogP contribution in [0.3, 0.4) is 0 Å². The minimum Gasteiger partial charge on any atom is -0.251 e. The Balaban J connectivity index is 3.12. The summed E-state index contributed by atoms with van der Waals surface area (Å²) in [5, 5.41) is 7.00. The summed E-state index contributed by atoms with van der Waals surface area (Å²) >= 11 is 4.87. The summed E-state index contributed by atoms with van der Waals surface area (Å²) in [7, 11) is 0. The van der Waals surface area contributed by atoms with E-state index < -0.39 is 11.1 Å². The maximum absolute atomic E-state index is 10.1. The van der Waals surface area contributed by atoms with Crippen molar-refractivity contribution in [1.82, 2.24) is 20.2 Å². The molecule has 0 bridgehead atoms. The van der Waals surface area contributed by atoms with Gasteiger partial charge in [-0.3, -0.25) is 4.79 Å². The molecule has 1 aromatic rings. The average molecular weight is 149 g/mol. The summed E-state index contributed by atoms with van der Waals surface area (Å²) in [6.07, 6.45) is 0. The van der Waals surface area contributed by atoms with Gasteiger partial charge in [-0.25, -0.2) is 9.89 Å². The van der Waals surface area contributed by atoms with Gasteiger partial charge in [0, 0.05) is 0 Å². The average Bonchev–Trinajstić information content (AvgIpc) is 2.14. The van der Waals surface area contributed by atoms with Gasteiger partial charge in [0.05, 0.1) is 0 Å². The minimum atomic E-state index is -0.899. The Bertz CT molecular complexity index is 274. The van der Waals surface area contributed by atoms with E-state index in [0.29, 0.717) is 4.80 Å². The highest BCUT2D eigenvalue weighted by molar-refractivity contribution is 6.63.